The highest BCUT2D eigenvalue weighted by Gasteiger charge is 2.31. The van der Waals surface area contributed by atoms with Crippen LogP contribution in [-0.4, -0.2) is 66.5 Å². The number of unbranched alkanes of at least 4 members (excludes halogenated alkanes) is 1. The summed E-state index contributed by atoms with van der Waals surface area (Å²) >= 11 is 0. The molecule has 0 saturated heterocycles. The Labute approximate surface area is 166 Å². The number of carbonyl (C=O) groups excluding carboxylic acids is 2. The van der Waals surface area contributed by atoms with Crippen LogP contribution in [0.1, 0.15) is 51.9 Å². The van der Waals surface area contributed by atoms with Crippen molar-refractivity contribution in [1.82, 2.24) is 21.3 Å². The molecule has 10 N–H and O–H groups in total. The number of nitrogens with zero attached hydrogens (tertiary/aromatic N) is 1. The van der Waals surface area contributed by atoms with Crippen LogP contribution in [0.3, 0.4) is 0 Å². The van der Waals surface area contributed by atoms with Crippen LogP contribution in [0, 0.1) is 0 Å². The molecule has 1 amide bonds. The van der Waals surface area contributed by atoms with E-state index in [1.54, 1.807) is 0 Å². The van der Waals surface area contributed by atoms with E-state index >= 15 is 0 Å². The Hall–Kier alpha value is -1.79. The maximum absolute atomic E-state index is 12.1. The summed E-state index contributed by atoms with van der Waals surface area (Å²) in [5, 5.41) is 34.6. The molecule has 0 aromatic carbocycles. The third-order valence-electron chi connectivity index (χ3n) is 3.94. The number of hydrazone groups is 1. The minimum Gasteiger partial charge on any atom is -0.393 e. The number of amides is 1. The SMILES string of the molecule is CCCC(NCCCN)NC(O)(C=O)NC(=O)CC(O)CCCCNC=NN. The largest absolute Gasteiger partial charge is 0.393 e. The van der Waals surface area contributed by atoms with Gasteiger partial charge in [0, 0.05) is 6.54 Å². The molecule has 0 aliphatic rings. The minimum atomic E-state index is -2.21. The first-order valence-corrected chi connectivity index (χ1v) is 9.74. The minimum absolute atomic E-state index is 0.214. The Balaban J connectivity index is 4.38. The number of hydrogen-bond acceptors (Lipinski definition) is 9. The number of carbonyl (C=O) groups is 2. The Morgan fingerprint density at radius 1 is 1.25 bits per heavy atom. The Morgan fingerprint density at radius 3 is 2.61 bits per heavy atom. The van der Waals surface area contributed by atoms with Gasteiger partial charge in [-0.25, -0.2) is 0 Å². The van der Waals surface area contributed by atoms with Gasteiger partial charge < -0.3 is 37.7 Å². The van der Waals surface area contributed by atoms with Crippen LogP contribution in [0.4, 0.5) is 0 Å². The molecule has 3 unspecified atom stereocenters. The average Bonchev–Trinajstić information content (AvgIpc) is 2.64. The van der Waals surface area contributed by atoms with Gasteiger partial charge >= 0.3 is 0 Å². The summed E-state index contributed by atoms with van der Waals surface area (Å²) in [6.07, 6.45) is 4.24. The van der Waals surface area contributed by atoms with Crippen molar-refractivity contribution in [2.45, 2.75) is 70.0 Å². The van der Waals surface area contributed by atoms with Crippen molar-refractivity contribution >= 4 is 18.5 Å². The van der Waals surface area contributed by atoms with E-state index in [2.05, 4.69) is 26.4 Å². The second-order valence-corrected chi connectivity index (χ2v) is 6.60. The number of aliphatic hydroxyl groups is 2. The molecule has 0 aliphatic heterocycles. The number of aldehydes is 1. The third-order valence-corrected chi connectivity index (χ3v) is 3.94. The van der Waals surface area contributed by atoms with Crippen molar-refractivity contribution in [2.24, 2.45) is 16.7 Å². The summed E-state index contributed by atoms with van der Waals surface area (Å²) < 4.78 is 0. The zero-order valence-electron chi connectivity index (χ0n) is 16.7. The molecule has 0 heterocycles. The molecule has 0 radical (unpaired) electrons. The van der Waals surface area contributed by atoms with Gasteiger partial charge in [-0.15, -0.1) is 0 Å². The molecule has 0 saturated carbocycles. The normalized spacial score (nSPS) is 15.7. The predicted octanol–water partition coefficient (Wildman–Crippen LogP) is -1.99. The topological polar surface area (TPSA) is 187 Å². The fourth-order valence-corrected chi connectivity index (χ4v) is 2.56. The molecule has 3 atom stereocenters. The Morgan fingerprint density at radius 2 is 2.00 bits per heavy atom. The molecule has 11 nitrogen and oxygen atoms in total. The predicted molar refractivity (Wildman–Crippen MR) is 108 cm³/mol. The van der Waals surface area contributed by atoms with Gasteiger partial charge in [0.25, 0.3) is 5.85 Å². The van der Waals surface area contributed by atoms with Gasteiger partial charge in [-0.1, -0.05) is 13.3 Å². The van der Waals surface area contributed by atoms with E-state index in [1.807, 2.05) is 6.92 Å². The summed E-state index contributed by atoms with van der Waals surface area (Å²) in [5.74, 6) is 2.11. The van der Waals surface area contributed by atoms with E-state index in [4.69, 9.17) is 11.6 Å². The van der Waals surface area contributed by atoms with Crippen molar-refractivity contribution < 1.29 is 19.8 Å². The van der Waals surface area contributed by atoms with Crippen LogP contribution >= 0.6 is 0 Å². The zero-order valence-corrected chi connectivity index (χ0v) is 16.7. The van der Waals surface area contributed by atoms with Gasteiger partial charge in [0.05, 0.1) is 18.7 Å². The zero-order chi connectivity index (χ0) is 21.3. The first-order chi connectivity index (χ1) is 13.4. The first-order valence-electron chi connectivity index (χ1n) is 9.74. The molecule has 0 rings (SSSR count). The van der Waals surface area contributed by atoms with Gasteiger partial charge in [-0.3, -0.25) is 14.9 Å². The van der Waals surface area contributed by atoms with E-state index < -0.39 is 17.9 Å². The van der Waals surface area contributed by atoms with Crippen LogP contribution in [0.2, 0.25) is 0 Å². The molecule has 0 fully saturated rings. The molecule has 0 spiro atoms. The van der Waals surface area contributed by atoms with Crippen molar-refractivity contribution in [2.75, 3.05) is 19.6 Å². The van der Waals surface area contributed by atoms with Crippen LogP contribution in [0.25, 0.3) is 0 Å². The van der Waals surface area contributed by atoms with Crippen molar-refractivity contribution in [3.8, 4) is 0 Å². The van der Waals surface area contributed by atoms with Gasteiger partial charge in [-0.05, 0) is 45.2 Å². The van der Waals surface area contributed by atoms with Gasteiger partial charge in [-0.2, -0.15) is 5.10 Å². The summed E-state index contributed by atoms with van der Waals surface area (Å²) in [5.41, 5.74) is 5.46. The van der Waals surface area contributed by atoms with Crippen LogP contribution < -0.4 is 32.8 Å². The lowest BCUT2D eigenvalue weighted by Gasteiger charge is -2.30. The lowest BCUT2D eigenvalue weighted by molar-refractivity contribution is -0.144. The first kappa shape index (κ1) is 26.2. The van der Waals surface area contributed by atoms with E-state index in [-0.39, 0.29) is 18.9 Å². The smallest absolute Gasteiger partial charge is 0.255 e. The maximum Gasteiger partial charge on any atom is 0.255 e. The molecule has 28 heavy (non-hydrogen) atoms. The summed E-state index contributed by atoms with van der Waals surface area (Å²) in [7, 11) is 0. The standard InChI is InChI=1S/C17H37N7O4/c1-2-6-15(21-10-5-8-18)23-17(28,12-25)24-16(27)11-14(26)7-3-4-9-20-13-22-19/h12-15,21,23,26,28H,2-11,18-19H2,1H3,(H,20,22)(H,24,27). The molecular formula is C17H37N7O4. The fourth-order valence-electron chi connectivity index (χ4n) is 2.56. The second-order valence-electron chi connectivity index (χ2n) is 6.60. The number of nitrogens with two attached hydrogens (primary N) is 2. The highest BCUT2D eigenvalue weighted by molar-refractivity contribution is 5.80. The number of nitrogens with one attached hydrogen (secondary N) is 4. The van der Waals surface area contributed by atoms with Gasteiger partial charge in [0.1, 0.15) is 6.34 Å². The third kappa shape index (κ3) is 13.4. The second kappa shape index (κ2) is 16.2. The van der Waals surface area contributed by atoms with E-state index in [1.165, 1.54) is 6.34 Å². The summed E-state index contributed by atoms with van der Waals surface area (Å²) in [6, 6.07) is 0. The average molecular weight is 404 g/mol. The van der Waals surface area contributed by atoms with Crippen molar-refractivity contribution in [3.63, 3.8) is 0 Å². The van der Waals surface area contributed by atoms with E-state index in [9.17, 15) is 19.8 Å². The van der Waals surface area contributed by atoms with Crippen LogP contribution in [0.5, 0.6) is 0 Å². The highest BCUT2D eigenvalue weighted by Crippen LogP contribution is 2.06. The maximum atomic E-state index is 12.1. The molecule has 0 aromatic rings. The number of aliphatic hydroxyl groups excluding tert-OH is 1. The van der Waals surface area contributed by atoms with Crippen molar-refractivity contribution in [3.05, 3.63) is 0 Å². The lowest BCUT2D eigenvalue weighted by Crippen LogP contribution is -2.65. The van der Waals surface area contributed by atoms with Gasteiger partial charge in [0.2, 0.25) is 5.91 Å². The summed E-state index contributed by atoms with van der Waals surface area (Å²) in [6.45, 7) is 3.76. The van der Waals surface area contributed by atoms with Crippen molar-refractivity contribution in [1.29, 1.82) is 0 Å². The number of hydrogen-bond donors (Lipinski definition) is 8. The van der Waals surface area contributed by atoms with E-state index in [0.717, 1.165) is 19.3 Å². The molecular weight excluding hydrogens is 366 g/mol. The molecule has 164 valence electrons. The highest BCUT2D eigenvalue weighted by atomic mass is 16.3. The monoisotopic (exact) mass is 403 g/mol. The van der Waals surface area contributed by atoms with E-state index in [0.29, 0.717) is 38.9 Å². The fraction of sp³-hybridized carbons (Fsp3) is 0.824. The number of rotatable bonds is 18. The Kier molecular flexibility index (Phi) is 15.2. The lowest BCUT2D eigenvalue weighted by atomic mass is 10.1. The Bertz CT molecular complexity index is 453. The quantitative estimate of drug-likeness (QED) is 0.0244. The molecule has 0 aromatic heterocycles. The van der Waals surface area contributed by atoms with Gasteiger partial charge in [0.15, 0.2) is 6.29 Å². The van der Waals surface area contributed by atoms with Crippen LogP contribution in [-0.2, 0) is 9.59 Å². The molecule has 11 heteroatoms. The molecule has 0 bridgehead atoms. The van der Waals surface area contributed by atoms with Crippen LogP contribution in [0.15, 0.2) is 5.10 Å². The molecule has 0 aliphatic carbocycles. The summed E-state index contributed by atoms with van der Waals surface area (Å²) in [4.78, 5) is 23.4.